The molecule has 0 saturated carbocycles. The molecule has 1 unspecified atom stereocenters. The summed E-state index contributed by atoms with van der Waals surface area (Å²) in [5, 5.41) is 14.0. The molecule has 102 valence electrons. The largest absolute Gasteiger partial charge is 0.480 e. The molecule has 5 nitrogen and oxygen atoms in total. The molecule has 0 spiro atoms. The van der Waals surface area contributed by atoms with Gasteiger partial charge in [-0.3, -0.25) is 4.79 Å². The van der Waals surface area contributed by atoms with E-state index in [-0.39, 0.29) is 6.04 Å². The van der Waals surface area contributed by atoms with Crippen LogP contribution in [0.3, 0.4) is 0 Å². The summed E-state index contributed by atoms with van der Waals surface area (Å²) < 4.78 is 0. The van der Waals surface area contributed by atoms with Gasteiger partial charge in [0.05, 0.1) is 0 Å². The number of aliphatic carboxylic acids is 1. The Morgan fingerprint density at radius 3 is 2.68 bits per heavy atom. The molecule has 0 aliphatic heterocycles. The number of fused-ring (bicyclic) bond motifs is 1. The lowest BCUT2D eigenvalue weighted by Gasteiger charge is -2.25. The van der Waals surface area contributed by atoms with Gasteiger partial charge in [-0.25, -0.2) is 4.79 Å². The molecule has 0 bridgehead atoms. The normalized spacial score (nSPS) is 19.1. The highest BCUT2D eigenvalue weighted by molar-refractivity contribution is 5.82. The van der Waals surface area contributed by atoms with E-state index in [9.17, 15) is 9.59 Å². The number of urea groups is 1. The van der Waals surface area contributed by atoms with E-state index in [2.05, 4.69) is 22.8 Å². The summed E-state index contributed by atoms with van der Waals surface area (Å²) in [7, 11) is 0. The van der Waals surface area contributed by atoms with Crippen molar-refractivity contribution in [1.82, 2.24) is 10.6 Å². The van der Waals surface area contributed by atoms with Gasteiger partial charge in [-0.05, 0) is 37.3 Å². The number of carbonyl (C=O) groups excluding carboxylic acids is 1. The Bertz CT molecular complexity index is 487. The second-order valence-corrected chi connectivity index (χ2v) is 4.89. The predicted octanol–water partition coefficient (Wildman–Crippen LogP) is 1.32. The highest BCUT2D eigenvalue weighted by Crippen LogP contribution is 2.20. The number of carbonyl (C=O) groups is 2. The lowest BCUT2D eigenvalue weighted by Crippen LogP contribution is -2.49. The molecule has 1 aliphatic carbocycles. The minimum absolute atomic E-state index is 0.0656. The van der Waals surface area contributed by atoms with Crippen LogP contribution in [0, 0.1) is 0 Å². The molecule has 3 N–H and O–H groups in total. The van der Waals surface area contributed by atoms with Gasteiger partial charge in [0.2, 0.25) is 0 Å². The third-order valence-corrected chi connectivity index (χ3v) is 3.40. The Morgan fingerprint density at radius 1 is 1.32 bits per heavy atom. The zero-order valence-electron chi connectivity index (χ0n) is 10.8. The maximum Gasteiger partial charge on any atom is 0.325 e. The Labute approximate surface area is 112 Å². The average Bonchev–Trinajstić information content (AvgIpc) is 2.38. The van der Waals surface area contributed by atoms with Gasteiger partial charge in [-0.1, -0.05) is 24.3 Å². The third kappa shape index (κ3) is 3.47. The van der Waals surface area contributed by atoms with Crippen LogP contribution in [0.4, 0.5) is 4.79 Å². The van der Waals surface area contributed by atoms with Crippen LogP contribution in [0.1, 0.15) is 24.5 Å². The standard InChI is InChI=1S/C14H18N2O3/c1-9(13(17)18)15-14(19)16-12-7-6-10-4-2-3-5-11(10)8-12/h2-5,9,12H,6-8H2,1H3,(H,17,18)(H2,15,16,19)/t9-,12?/m1/s1. The summed E-state index contributed by atoms with van der Waals surface area (Å²) in [5.41, 5.74) is 2.59. The number of nitrogens with one attached hydrogen (secondary N) is 2. The fourth-order valence-electron chi connectivity index (χ4n) is 2.31. The Balaban J connectivity index is 1.88. The molecule has 0 heterocycles. The van der Waals surface area contributed by atoms with Crippen LogP contribution in [-0.2, 0) is 17.6 Å². The maximum atomic E-state index is 11.7. The van der Waals surface area contributed by atoms with Gasteiger partial charge >= 0.3 is 12.0 Å². The Hall–Kier alpha value is -2.04. The van der Waals surface area contributed by atoms with Crippen molar-refractivity contribution >= 4 is 12.0 Å². The van der Waals surface area contributed by atoms with E-state index in [1.54, 1.807) is 0 Å². The molecular weight excluding hydrogens is 244 g/mol. The molecule has 0 saturated heterocycles. The Kier molecular flexibility index (Phi) is 4.04. The zero-order chi connectivity index (χ0) is 13.8. The predicted molar refractivity (Wildman–Crippen MR) is 71.0 cm³/mol. The summed E-state index contributed by atoms with van der Waals surface area (Å²) in [4.78, 5) is 22.3. The van der Waals surface area contributed by atoms with E-state index >= 15 is 0 Å². The van der Waals surface area contributed by atoms with Crippen LogP contribution in [0.2, 0.25) is 0 Å². The molecule has 0 radical (unpaired) electrons. The van der Waals surface area contributed by atoms with E-state index in [4.69, 9.17) is 5.11 Å². The second-order valence-electron chi connectivity index (χ2n) is 4.89. The number of hydrogen-bond donors (Lipinski definition) is 3. The monoisotopic (exact) mass is 262 g/mol. The average molecular weight is 262 g/mol. The first-order valence-electron chi connectivity index (χ1n) is 6.43. The van der Waals surface area contributed by atoms with Gasteiger partial charge in [0.1, 0.15) is 6.04 Å². The number of carboxylic acid groups (broad SMARTS) is 1. The van der Waals surface area contributed by atoms with Gasteiger partial charge < -0.3 is 15.7 Å². The second kappa shape index (κ2) is 5.73. The topological polar surface area (TPSA) is 78.4 Å². The number of hydrogen-bond acceptors (Lipinski definition) is 2. The van der Waals surface area contributed by atoms with Crippen LogP contribution >= 0.6 is 0 Å². The number of amides is 2. The lowest BCUT2D eigenvalue weighted by molar-refractivity contribution is -0.138. The summed E-state index contributed by atoms with van der Waals surface area (Å²) in [6.07, 6.45) is 2.62. The summed E-state index contributed by atoms with van der Waals surface area (Å²) in [6.45, 7) is 1.44. The van der Waals surface area contributed by atoms with Gasteiger partial charge in [-0.2, -0.15) is 0 Å². The summed E-state index contributed by atoms with van der Waals surface area (Å²) in [6, 6.07) is 6.96. The number of rotatable bonds is 3. The van der Waals surface area contributed by atoms with Crippen LogP contribution in [0.5, 0.6) is 0 Å². The number of carboxylic acids is 1. The SMILES string of the molecule is C[C@@H](NC(=O)NC1CCc2ccccc2C1)C(=O)O. The quantitative estimate of drug-likeness (QED) is 0.768. The van der Waals surface area contributed by atoms with E-state index in [0.29, 0.717) is 0 Å². The molecule has 2 amide bonds. The molecule has 1 aromatic carbocycles. The zero-order valence-corrected chi connectivity index (χ0v) is 10.8. The van der Waals surface area contributed by atoms with Crippen molar-refractivity contribution in [3.63, 3.8) is 0 Å². The number of benzene rings is 1. The highest BCUT2D eigenvalue weighted by Gasteiger charge is 2.21. The maximum absolute atomic E-state index is 11.7. The highest BCUT2D eigenvalue weighted by atomic mass is 16.4. The third-order valence-electron chi connectivity index (χ3n) is 3.40. The molecule has 19 heavy (non-hydrogen) atoms. The fourth-order valence-corrected chi connectivity index (χ4v) is 2.31. The smallest absolute Gasteiger partial charge is 0.325 e. The summed E-state index contributed by atoms with van der Waals surface area (Å²) in [5.74, 6) is -1.04. The molecule has 2 rings (SSSR count). The van der Waals surface area contributed by atoms with E-state index in [1.165, 1.54) is 18.1 Å². The van der Waals surface area contributed by atoms with Crippen molar-refractivity contribution in [2.75, 3.05) is 0 Å². The van der Waals surface area contributed by atoms with Crippen molar-refractivity contribution in [2.45, 2.75) is 38.3 Å². The van der Waals surface area contributed by atoms with Gasteiger partial charge in [-0.15, -0.1) is 0 Å². The van der Waals surface area contributed by atoms with Crippen molar-refractivity contribution in [1.29, 1.82) is 0 Å². The van der Waals surface area contributed by atoms with E-state index < -0.39 is 18.0 Å². The number of aryl methyl sites for hydroxylation is 1. The van der Waals surface area contributed by atoms with Crippen molar-refractivity contribution < 1.29 is 14.7 Å². The first kappa shape index (κ1) is 13.4. The van der Waals surface area contributed by atoms with E-state index in [0.717, 1.165) is 19.3 Å². The van der Waals surface area contributed by atoms with Crippen molar-refractivity contribution in [3.8, 4) is 0 Å². The summed E-state index contributed by atoms with van der Waals surface area (Å²) >= 11 is 0. The first-order chi connectivity index (χ1) is 9.06. The minimum Gasteiger partial charge on any atom is -0.480 e. The van der Waals surface area contributed by atoms with Crippen LogP contribution in [-0.4, -0.2) is 29.2 Å². The van der Waals surface area contributed by atoms with Crippen LogP contribution in [0.15, 0.2) is 24.3 Å². The van der Waals surface area contributed by atoms with Crippen LogP contribution < -0.4 is 10.6 Å². The molecule has 2 atom stereocenters. The van der Waals surface area contributed by atoms with Crippen LogP contribution in [0.25, 0.3) is 0 Å². The molecule has 0 aromatic heterocycles. The lowest BCUT2D eigenvalue weighted by atomic mass is 9.88. The first-order valence-corrected chi connectivity index (χ1v) is 6.43. The van der Waals surface area contributed by atoms with Crippen molar-refractivity contribution in [2.24, 2.45) is 0 Å². The van der Waals surface area contributed by atoms with Crippen molar-refractivity contribution in [3.05, 3.63) is 35.4 Å². The van der Waals surface area contributed by atoms with Gasteiger partial charge in [0.15, 0.2) is 0 Å². The molecule has 0 fully saturated rings. The molecule has 1 aromatic rings. The molecule has 1 aliphatic rings. The molecular formula is C14H18N2O3. The Morgan fingerprint density at radius 2 is 2.00 bits per heavy atom. The van der Waals surface area contributed by atoms with Gasteiger partial charge in [0.25, 0.3) is 0 Å². The van der Waals surface area contributed by atoms with E-state index in [1.807, 2.05) is 12.1 Å². The van der Waals surface area contributed by atoms with Gasteiger partial charge in [0, 0.05) is 6.04 Å². The minimum atomic E-state index is -1.04. The fraction of sp³-hybridized carbons (Fsp3) is 0.429. The molecule has 5 heteroatoms.